The number of hydrogen-bond donors (Lipinski definition) is 1. The minimum Gasteiger partial charge on any atom is -0.302 e. The van der Waals surface area contributed by atoms with Crippen LogP contribution in [0.3, 0.4) is 0 Å². The largest absolute Gasteiger partial charge is 0.302 e. The van der Waals surface area contributed by atoms with E-state index in [-0.39, 0.29) is 16.8 Å². The van der Waals surface area contributed by atoms with Gasteiger partial charge < -0.3 is 5.32 Å². The number of benzene rings is 3. The van der Waals surface area contributed by atoms with Crippen molar-refractivity contribution in [2.45, 2.75) is 11.8 Å². The SMILES string of the molecule is CC(=O)Nc1nc2ccc(-c3ccnc(N(C)S(=O)(=O)c4ccc5ccccc5c4)n3)cc2s1. The monoisotopic (exact) mass is 489 g/mol. The number of nitrogens with zero attached hydrogens (tertiary/aromatic N) is 4. The number of rotatable bonds is 5. The maximum Gasteiger partial charge on any atom is 0.266 e. The van der Waals surface area contributed by atoms with Crippen molar-refractivity contribution in [2.24, 2.45) is 0 Å². The van der Waals surface area contributed by atoms with E-state index in [2.05, 4.69) is 20.3 Å². The van der Waals surface area contributed by atoms with Crippen LogP contribution in [0.4, 0.5) is 11.1 Å². The van der Waals surface area contributed by atoms with Crippen LogP contribution in [0.2, 0.25) is 0 Å². The summed E-state index contributed by atoms with van der Waals surface area (Å²) < 4.78 is 28.5. The molecule has 5 rings (SSSR count). The first-order chi connectivity index (χ1) is 16.3. The number of amides is 1. The number of carbonyl (C=O) groups is 1. The predicted molar refractivity (Wildman–Crippen MR) is 134 cm³/mol. The number of thiazole rings is 1. The Hall–Kier alpha value is -3.89. The Balaban J connectivity index is 1.48. The molecule has 8 nitrogen and oxygen atoms in total. The maximum atomic E-state index is 13.3. The van der Waals surface area contributed by atoms with Crippen molar-refractivity contribution >= 4 is 59.3 Å². The van der Waals surface area contributed by atoms with E-state index in [1.54, 1.807) is 24.3 Å². The molecule has 5 aromatic rings. The lowest BCUT2D eigenvalue weighted by atomic mass is 10.1. The van der Waals surface area contributed by atoms with Gasteiger partial charge in [-0.05, 0) is 41.1 Å². The van der Waals surface area contributed by atoms with Gasteiger partial charge in [0.15, 0.2) is 5.13 Å². The standard InChI is InChI=1S/C24H19N5O3S2/c1-15(30)26-24-28-21-10-8-18(14-22(21)33-24)20-11-12-25-23(27-20)29(2)34(31,32)19-9-7-16-5-3-4-6-17(16)13-19/h3-14H,1-2H3,(H,26,28,30). The summed E-state index contributed by atoms with van der Waals surface area (Å²) in [6.45, 7) is 1.43. The van der Waals surface area contributed by atoms with Gasteiger partial charge in [-0.15, -0.1) is 0 Å². The summed E-state index contributed by atoms with van der Waals surface area (Å²) in [6, 6.07) is 19.9. The lowest BCUT2D eigenvalue weighted by Gasteiger charge is -2.18. The fourth-order valence-electron chi connectivity index (χ4n) is 3.54. The van der Waals surface area contributed by atoms with Crippen molar-refractivity contribution in [1.29, 1.82) is 0 Å². The molecule has 3 aromatic carbocycles. The van der Waals surface area contributed by atoms with Crippen molar-refractivity contribution < 1.29 is 13.2 Å². The highest BCUT2D eigenvalue weighted by molar-refractivity contribution is 7.92. The van der Waals surface area contributed by atoms with E-state index >= 15 is 0 Å². The van der Waals surface area contributed by atoms with Gasteiger partial charge in [0, 0.05) is 25.7 Å². The molecule has 0 aliphatic carbocycles. The molecular weight excluding hydrogens is 470 g/mol. The molecular formula is C24H19N5O3S2. The van der Waals surface area contributed by atoms with Crippen LogP contribution in [0.1, 0.15) is 6.92 Å². The normalized spacial score (nSPS) is 11.6. The van der Waals surface area contributed by atoms with Gasteiger partial charge in [0.25, 0.3) is 10.0 Å². The van der Waals surface area contributed by atoms with Gasteiger partial charge in [-0.2, -0.15) is 0 Å². The molecule has 2 aromatic heterocycles. The van der Waals surface area contributed by atoms with Crippen LogP contribution in [0.5, 0.6) is 0 Å². The Bertz CT molecular complexity index is 1660. The van der Waals surface area contributed by atoms with E-state index in [4.69, 9.17) is 0 Å². The smallest absolute Gasteiger partial charge is 0.266 e. The van der Waals surface area contributed by atoms with E-state index in [1.165, 1.54) is 31.5 Å². The van der Waals surface area contributed by atoms with E-state index in [0.717, 1.165) is 30.9 Å². The van der Waals surface area contributed by atoms with E-state index in [1.807, 2.05) is 42.5 Å². The van der Waals surface area contributed by atoms with Crippen LogP contribution in [-0.4, -0.2) is 36.3 Å². The zero-order chi connectivity index (χ0) is 23.9. The summed E-state index contributed by atoms with van der Waals surface area (Å²) in [5.41, 5.74) is 2.11. The average molecular weight is 490 g/mol. The summed E-state index contributed by atoms with van der Waals surface area (Å²) in [5.74, 6) is -0.121. The highest BCUT2D eigenvalue weighted by Gasteiger charge is 2.24. The minimum absolute atomic E-state index is 0.0639. The fourth-order valence-corrected chi connectivity index (χ4v) is 5.63. The zero-order valence-corrected chi connectivity index (χ0v) is 19.9. The molecule has 0 spiro atoms. The van der Waals surface area contributed by atoms with Gasteiger partial charge in [-0.25, -0.2) is 27.7 Å². The topological polar surface area (TPSA) is 105 Å². The Kier molecular flexibility index (Phi) is 5.46. The number of fused-ring (bicyclic) bond motifs is 2. The lowest BCUT2D eigenvalue weighted by Crippen LogP contribution is -2.28. The highest BCUT2D eigenvalue weighted by Crippen LogP contribution is 2.31. The molecule has 0 unspecified atom stereocenters. The van der Waals surface area contributed by atoms with Gasteiger partial charge >= 0.3 is 0 Å². The summed E-state index contributed by atoms with van der Waals surface area (Å²) in [6.07, 6.45) is 1.53. The predicted octanol–water partition coefficient (Wildman–Crippen LogP) is 4.69. The maximum absolute atomic E-state index is 13.3. The summed E-state index contributed by atoms with van der Waals surface area (Å²) in [7, 11) is -2.42. The summed E-state index contributed by atoms with van der Waals surface area (Å²) in [4.78, 5) is 24.6. The molecule has 2 heterocycles. The van der Waals surface area contributed by atoms with Crippen LogP contribution in [0.25, 0.3) is 32.2 Å². The van der Waals surface area contributed by atoms with Crippen LogP contribution in [0.15, 0.2) is 77.8 Å². The van der Waals surface area contributed by atoms with Crippen LogP contribution >= 0.6 is 11.3 Å². The second kappa shape index (κ2) is 8.47. The fraction of sp³-hybridized carbons (Fsp3) is 0.0833. The summed E-state index contributed by atoms with van der Waals surface area (Å²) in [5, 5.41) is 5.00. The Morgan fingerprint density at radius 1 is 0.971 bits per heavy atom. The molecule has 0 saturated heterocycles. The number of anilines is 2. The van der Waals surface area contributed by atoms with Gasteiger partial charge in [-0.3, -0.25) is 4.79 Å². The van der Waals surface area contributed by atoms with Gasteiger partial charge in [0.1, 0.15) is 0 Å². The van der Waals surface area contributed by atoms with E-state index in [0.29, 0.717) is 10.8 Å². The first-order valence-corrected chi connectivity index (χ1v) is 12.6. The third-order valence-electron chi connectivity index (χ3n) is 5.27. The molecule has 0 aliphatic heterocycles. The second-order valence-electron chi connectivity index (χ2n) is 7.61. The zero-order valence-electron chi connectivity index (χ0n) is 18.3. The first-order valence-electron chi connectivity index (χ1n) is 10.3. The van der Waals surface area contributed by atoms with Crippen molar-refractivity contribution in [1.82, 2.24) is 15.0 Å². The lowest BCUT2D eigenvalue weighted by molar-refractivity contribution is -0.114. The Labute approximate surface area is 200 Å². The Morgan fingerprint density at radius 3 is 2.56 bits per heavy atom. The molecule has 0 saturated carbocycles. The highest BCUT2D eigenvalue weighted by atomic mass is 32.2. The number of carbonyl (C=O) groups excluding carboxylic acids is 1. The molecule has 0 radical (unpaired) electrons. The Morgan fingerprint density at radius 2 is 1.76 bits per heavy atom. The third kappa shape index (κ3) is 4.09. The number of hydrogen-bond acceptors (Lipinski definition) is 7. The molecule has 170 valence electrons. The van der Waals surface area contributed by atoms with Crippen molar-refractivity contribution in [2.75, 3.05) is 16.7 Å². The van der Waals surface area contributed by atoms with E-state index in [9.17, 15) is 13.2 Å². The van der Waals surface area contributed by atoms with E-state index < -0.39 is 10.0 Å². The van der Waals surface area contributed by atoms with Crippen LogP contribution < -0.4 is 9.62 Å². The molecule has 0 fully saturated rings. The molecule has 34 heavy (non-hydrogen) atoms. The van der Waals surface area contributed by atoms with Crippen LogP contribution in [0, 0.1) is 0 Å². The number of sulfonamides is 1. The molecule has 0 aliphatic rings. The second-order valence-corrected chi connectivity index (χ2v) is 10.6. The van der Waals surface area contributed by atoms with Gasteiger partial charge in [-0.1, -0.05) is 47.7 Å². The van der Waals surface area contributed by atoms with Crippen LogP contribution in [-0.2, 0) is 14.8 Å². The molecule has 0 bridgehead atoms. The first kappa shape index (κ1) is 21.9. The van der Waals surface area contributed by atoms with Crippen molar-refractivity contribution in [3.63, 3.8) is 0 Å². The average Bonchev–Trinajstić information content (AvgIpc) is 3.24. The van der Waals surface area contributed by atoms with Crippen molar-refractivity contribution in [3.05, 3.63) is 72.9 Å². The molecule has 1 N–H and O–H groups in total. The minimum atomic E-state index is -3.87. The molecule has 10 heteroatoms. The van der Waals surface area contributed by atoms with Gasteiger partial charge in [0.05, 0.1) is 20.8 Å². The van der Waals surface area contributed by atoms with Crippen molar-refractivity contribution in [3.8, 4) is 11.3 Å². The van der Waals surface area contributed by atoms with Gasteiger partial charge in [0.2, 0.25) is 11.9 Å². The number of aromatic nitrogens is 3. The number of nitrogens with one attached hydrogen (secondary N) is 1. The summed E-state index contributed by atoms with van der Waals surface area (Å²) >= 11 is 1.35. The quantitative estimate of drug-likeness (QED) is 0.384. The molecule has 1 amide bonds. The third-order valence-corrected chi connectivity index (χ3v) is 7.94. The molecule has 0 atom stereocenters.